The monoisotopic (exact) mass is 251 g/mol. The summed E-state index contributed by atoms with van der Waals surface area (Å²) in [7, 11) is 3.90. The van der Waals surface area contributed by atoms with Crippen LogP contribution in [0.1, 0.15) is 12.0 Å². The molecule has 0 atom stereocenters. The fourth-order valence-electron chi connectivity index (χ4n) is 1.25. The normalized spacial score (nSPS) is 10.1. The molecule has 1 N–H and O–H groups in total. The Bertz CT molecular complexity index is 435. The van der Waals surface area contributed by atoms with Gasteiger partial charge in [0.2, 0.25) is 0 Å². The first-order valence-corrected chi connectivity index (χ1v) is 5.80. The summed E-state index contributed by atoms with van der Waals surface area (Å²) in [6.45, 7) is 1.28. The van der Waals surface area contributed by atoms with Crippen molar-refractivity contribution in [3.63, 3.8) is 0 Å². The lowest BCUT2D eigenvalue weighted by Crippen LogP contribution is -2.19. The van der Waals surface area contributed by atoms with Crippen LogP contribution in [-0.2, 0) is 0 Å². The minimum absolute atomic E-state index is 0.0135. The summed E-state index contributed by atoms with van der Waals surface area (Å²) in [6.07, 6.45) is 0.348. The van der Waals surface area contributed by atoms with Crippen LogP contribution in [0.4, 0.5) is 4.39 Å². The molecule has 0 aliphatic rings. The number of aliphatic hydroxyl groups excluding tert-OH is 1. The van der Waals surface area contributed by atoms with E-state index in [0.717, 1.165) is 6.54 Å². The van der Waals surface area contributed by atoms with Crippen molar-refractivity contribution in [1.29, 1.82) is 0 Å². The molecule has 98 valence electrons. The zero-order valence-electron chi connectivity index (χ0n) is 10.7. The second-order valence-electron chi connectivity index (χ2n) is 4.07. The number of likely N-dealkylation sites (N-methyl/N-ethyl adjacent to an activating group) is 1. The first-order chi connectivity index (χ1) is 8.63. The van der Waals surface area contributed by atoms with E-state index in [2.05, 4.69) is 11.8 Å². The SMILES string of the molecule is CN(C)CCOc1ccc(C#CCCO)c(F)c1. The molecule has 0 saturated heterocycles. The molecule has 1 aromatic rings. The molecule has 0 unspecified atom stereocenters. The third-order valence-corrected chi connectivity index (χ3v) is 2.21. The van der Waals surface area contributed by atoms with Crippen molar-refractivity contribution in [2.75, 3.05) is 33.9 Å². The molecule has 1 aromatic carbocycles. The minimum atomic E-state index is -0.400. The third-order valence-electron chi connectivity index (χ3n) is 2.21. The average Bonchev–Trinajstić information content (AvgIpc) is 2.31. The third kappa shape index (κ3) is 5.17. The number of hydrogen-bond acceptors (Lipinski definition) is 3. The van der Waals surface area contributed by atoms with Gasteiger partial charge in [0.1, 0.15) is 18.2 Å². The van der Waals surface area contributed by atoms with Gasteiger partial charge in [-0.25, -0.2) is 4.39 Å². The fraction of sp³-hybridized carbons (Fsp3) is 0.429. The first-order valence-electron chi connectivity index (χ1n) is 5.80. The van der Waals surface area contributed by atoms with E-state index in [1.54, 1.807) is 12.1 Å². The van der Waals surface area contributed by atoms with Gasteiger partial charge in [-0.1, -0.05) is 11.8 Å². The predicted octanol–water partition coefficient (Wildman–Crippen LogP) is 1.50. The van der Waals surface area contributed by atoms with Crippen molar-refractivity contribution >= 4 is 0 Å². The largest absolute Gasteiger partial charge is 0.492 e. The second-order valence-corrected chi connectivity index (χ2v) is 4.07. The zero-order valence-corrected chi connectivity index (χ0v) is 10.7. The van der Waals surface area contributed by atoms with E-state index < -0.39 is 5.82 Å². The van der Waals surface area contributed by atoms with Crippen molar-refractivity contribution in [3.05, 3.63) is 29.6 Å². The van der Waals surface area contributed by atoms with E-state index in [1.165, 1.54) is 6.07 Å². The van der Waals surface area contributed by atoms with Crippen molar-refractivity contribution < 1.29 is 14.2 Å². The van der Waals surface area contributed by atoms with Gasteiger partial charge in [-0.05, 0) is 26.2 Å². The standard InChI is InChI=1S/C14H18FNO2/c1-16(2)8-10-18-13-7-6-12(14(15)11-13)5-3-4-9-17/h6-7,11,17H,4,8-10H2,1-2H3. The Labute approximate surface area is 107 Å². The van der Waals surface area contributed by atoms with Crippen LogP contribution >= 0.6 is 0 Å². The average molecular weight is 251 g/mol. The van der Waals surface area contributed by atoms with Gasteiger partial charge in [0.05, 0.1) is 12.2 Å². The van der Waals surface area contributed by atoms with Crippen LogP contribution in [0.25, 0.3) is 0 Å². The molecule has 0 spiro atoms. The quantitative estimate of drug-likeness (QED) is 0.805. The maximum Gasteiger partial charge on any atom is 0.142 e. The molecule has 0 radical (unpaired) electrons. The number of benzene rings is 1. The van der Waals surface area contributed by atoms with Crippen molar-refractivity contribution in [2.45, 2.75) is 6.42 Å². The molecule has 0 aliphatic carbocycles. The van der Waals surface area contributed by atoms with Crippen LogP contribution in [-0.4, -0.2) is 43.9 Å². The lowest BCUT2D eigenvalue weighted by atomic mass is 10.2. The highest BCUT2D eigenvalue weighted by molar-refractivity contribution is 5.39. The van der Waals surface area contributed by atoms with E-state index >= 15 is 0 Å². The van der Waals surface area contributed by atoms with E-state index in [0.29, 0.717) is 24.3 Å². The van der Waals surface area contributed by atoms with Gasteiger partial charge in [-0.15, -0.1) is 0 Å². The summed E-state index contributed by atoms with van der Waals surface area (Å²) in [5.41, 5.74) is 0.323. The number of aliphatic hydroxyl groups is 1. The van der Waals surface area contributed by atoms with E-state index in [4.69, 9.17) is 9.84 Å². The fourth-order valence-corrected chi connectivity index (χ4v) is 1.25. The molecular weight excluding hydrogens is 233 g/mol. The Morgan fingerprint density at radius 2 is 2.17 bits per heavy atom. The van der Waals surface area contributed by atoms with Crippen molar-refractivity contribution in [2.24, 2.45) is 0 Å². The minimum Gasteiger partial charge on any atom is -0.492 e. The molecule has 18 heavy (non-hydrogen) atoms. The number of nitrogens with zero attached hydrogens (tertiary/aromatic N) is 1. The summed E-state index contributed by atoms with van der Waals surface area (Å²) in [6, 6.07) is 4.62. The molecule has 0 saturated carbocycles. The maximum absolute atomic E-state index is 13.6. The molecule has 0 fully saturated rings. The van der Waals surface area contributed by atoms with Gasteiger partial charge in [0.15, 0.2) is 0 Å². The van der Waals surface area contributed by atoms with Gasteiger partial charge in [0, 0.05) is 19.0 Å². The van der Waals surface area contributed by atoms with E-state index in [1.807, 2.05) is 19.0 Å². The zero-order chi connectivity index (χ0) is 13.4. The topological polar surface area (TPSA) is 32.7 Å². The summed E-state index contributed by atoms with van der Waals surface area (Å²) in [5, 5.41) is 8.58. The van der Waals surface area contributed by atoms with Crippen molar-refractivity contribution in [3.8, 4) is 17.6 Å². The van der Waals surface area contributed by atoms with Gasteiger partial charge in [0.25, 0.3) is 0 Å². The summed E-state index contributed by atoms with van der Waals surface area (Å²) < 4.78 is 19.0. The van der Waals surface area contributed by atoms with Crippen LogP contribution in [0, 0.1) is 17.7 Å². The Balaban J connectivity index is 2.60. The van der Waals surface area contributed by atoms with Gasteiger partial charge < -0.3 is 14.7 Å². The van der Waals surface area contributed by atoms with E-state index in [9.17, 15) is 4.39 Å². The second kappa shape index (κ2) is 7.70. The molecule has 0 bridgehead atoms. The predicted molar refractivity (Wildman–Crippen MR) is 69.0 cm³/mol. The maximum atomic E-state index is 13.6. The van der Waals surface area contributed by atoms with Gasteiger partial charge in [-0.3, -0.25) is 0 Å². The number of hydrogen-bond donors (Lipinski definition) is 1. The van der Waals surface area contributed by atoms with Gasteiger partial charge >= 0.3 is 0 Å². The highest BCUT2D eigenvalue weighted by Gasteiger charge is 2.02. The molecule has 1 rings (SSSR count). The van der Waals surface area contributed by atoms with Gasteiger partial charge in [-0.2, -0.15) is 0 Å². The lowest BCUT2D eigenvalue weighted by Gasteiger charge is -2.11. The highest BCUT2D eigenvalue weighted by atomic mass is 19.1. The smallest absolute Gasteiger partial charge is 0.142 e. The molecule has 4 heteroatoms. The molecule has 3 nitrogen and oxygen atoms in total. The van der Waals surface area contributed by atoms with Crippen LogP contribution < -0.4 is 4.74 Å². The lowest BCUT2D eigenvalue weighted by molar-refractivity contribution is 0.260. The number of halogens is 1. The molecule has 0 amide bonds. The number of rotatable bonds is 5. The van der Waals surface area contributed by atoms with Crippen LogP contribution in [0.5, 0.6) is 5.75 Å². The Kier molecular flexibility index (Phi) is 6.20. The Hall–Kier alpha value is -1.57. The summed E-state index contributed by atoms with van der Waals surface area (Å²) in [4.78, 5) is 1.99. The Morgan fingerprint density at radius 1 is 1.39 bits per heavy atom. The van der Waals surface area contributed by atoms with Crippen LogP contribution in [0.3, 0.4) is 0 Å². The van der Waals surface area contributed by atoms with E-state index in [-0.39, 0.29) is 6.61 Å². The Morgan fingerprint density at radius 3 is 2.78 bits per heavy atom. The first kappa shape index (κ1) is 14.5. The molecule has 0 aliphatic heterocycles. The summed E-state index contributed by atoms with van der Waals surface area (Å²) >= 11 is 0. The summed E-state index contributed by atoms with van der Waals surface area (Å²) in [5.74, 6) is 5.45. The number of ether oxygens (including phenoxy) is 1. The molecule has 0 heterocycles. The van der Waals surface area contributed by atoms with Crippen LogP contribution in [0.2, 0.25) is 0 Å². The van der Waals surface area contributed by atoms with Crippen molar-refractivity contribution in [1.82, 2.24) is 4.90 Å². The molecular formula is C14H18FNO2. The van der Waals surface area contributed by atoms with Crippen LogP contribution in [0.15, 0.2) is 18.2 Å². The highest BCUT2D eigenvalue weighted by Crippen LogP contribution is 2.15. The molecule has 0 aromatic heterocycles.